The Bertz CT molecular complexity index is 1020. The van der Waals surface area contributed by atoms with Crippen molar-refractivity contribution in [3.05, 3.63) is 59.9 Å². The van der Waals surface area contributed by atoms with Crippen LogP contribution in [0.25, 0.3) is 0 Å². The van der Waals surface area contributed by atoms with Crippen LogP contribution in [0.4, 0.5) is 14.9 Å². The summed E-state index contributed by atoms with van der Waals surface area (Å²) in [6, 6.07) is 11.0. The van der Waals surface area contributed by atoms with Crippen LogP contribution in [0, 0.1) is 5.82 Å². The lowest BCUT2D eigenvalue weighted by molar-refractivity contribution is 0.0671. The van der Waals surface area contributed by atoms with Crippen molar-refractivity contribution in [3.63, 3.8) is 0 Å². The molecule has 31 heavy (non-hydrogen) atoms. The van der Waals surface area contributed by atoms with Gasteiger partial charge in [0, 0.05) is 44.5 Å². The Labute approximate surface area is 180 Å². The minimum absolute atomic E-state index is 0.0992. The topological polar surface area (TPSA) is 96.0 Å². The van der Waals surface area contributed by atoms with Crippen LogP contribution in [-0.2, 0) is 14.6 Å². The number of hydrogen-bond acceptors (Lipinski definition) is 5. The summed E-state index contributed by atoms with van der Waals surface area (Å²) in [7, 11) is -2.02. The van der Waals surface area contributed by atoms with Crippen LogP contribution < -0.4 is 5.32 Å². The van der Waals surface area contributed by atoms with Crippen LogP contribution in [-0.4, -0.2) is 75.8 Å². The first kappa shape index (κ1) is 22.7. The van der Waals surface area contributed by atoms with Crippen molar-refractivity contribution < 1.29 is 27.1 Å². The zero-order chi connectivity index (χ0) is 22.4. The molecule has 0 unspecified atom stereocenters. The lowest BCUT2D eigenvalue weighted by Crippen LogP contribution is -2.51. The summed E-state index contributed by atoms with van der Waals surface area (Å²) in [6.45, 7) is 1.50. The zero-order valence-electron chi connectivity index (χ0n) is 17.1. The van der Waals surface area contributed by atoms with Gasteiger partial charge in [-0.25, -0.2) is 17.6 Å². The van der Waals surface area contributed by atoms with Gasteiger partial charge in [0.15, 0.2) is 9.84 Å². The maximum atomic E-state index is 13.0. The Balaban J connectivity index is 1.55. The minimum Gasteiger partial charge on any atom is -0.384 e. The molecule has 0 radical (unpaired) electrons. The number of rotatable bonds is 6. The Hall–Kier alpha value is -2.98. The molecule has 2 aromatic rings. The molecule has 0 aromatic heterocycles. The minimum atomic E-state index is -3.46. The number of ether oxygens (including phenoxy) is 1. The van der Waals surface area contributed by atoms with Crippen molar-refractivity contribution in [2.45, 2.75) is 4.90 Å². The number of methoxy groups -OCH3 is 1. The van der Waals surface area contributed by atoms with E-state index in [4.69, 9.17) is 4.74 Å². The molecule has 2 aromatic carbocycles. The van der Waals surface area contributed by atoms with E-state index in [-0.39, 0.29) is 35.0 Å². The average Bonchev–Trinajstić information content (AvgIpc) is 2.79. The van der Waals surface area contributed by atoms with Crippen LogP contribution in [0.1, 0.15) is 10.4 Å². The van der Waals surface area contributed by atoms with Gasteiger partial charge in [-0.3, -0.25) is 4.79 Å². The molecule has 3 rings (SSSR count). The molecule has 1 N–H and O–H groups in total. The van der Waals surface area contributed by atoms with Crippen molar-refractivity contribution in [2.24, 2.45) is 0 Å². The average molecular weight is 450 g/mol. The van der Waals surface area contributed by atoms with Crippen molar-refractivity contribution in [1.82, 2.24) is 9.80 Å². The van der Waals surface area contributed by atoms with Crippen molar-refractivity contribution in [2.75, 3.05) is 51.0 Å². The standard InChI is InChI=1S/C21H24FN3O5S/c1-30-14-15-31(28,29)19-8-2-16(3-9-19)20(26)24-10-12-25(13-11-24)21(27)23-18-6-4-17(22)5-7-18/h2-9H,10-15H2,1H3,(H,23,27). The molecule has 0 bridgehead atoms. The lowest BCUT2D eigenvalue weighted by Gasteiger charge is -2.34. The number of sulfone groups is 1. The van der Waals surface area contributed by atoms with Crippen molar-refractivity contribution in [3.8, 4) is 0 Å². The Morgan fingerprint density at radius 1 is 0.968 bits per heavy atom. The van der Waals surface area contributed by atoms with Crippen LogP contribution in [0.15, 0.2) is 53.4 Å². The largest absolute Gasteiger partial charge is 0.384 e. The van der Waals surface area contributed by atoms with E-state index >= 15 is 0 Å². The molecular weight excluding hydrogens is 425 g/mol. The van der Waals surface area contributed by atoms with Gasteiger partial charge in [-0.2, -0.15) is 0 Å². The summed E-state index contributed by atoms with van der Waals surface area (Å²) in [5, 5.41) is 2.70. The molecule has 3 amide bonds. The van der Waals surface area contributed by atoms with E-state index < -0.39 is 9.84 Å². The van der Waals surface area contributed by atoms with E-state index in [1.54, 1.807) is 9.80 Å². The van der Waals surface area contributed by atoms with Gasteiger partial charge in [0.1, 0.15) is 5.82 Å². The third kappa shape index (κ3) is 5.80. The van der Waals surface area contributed by atoms with Gasteiger partial charge in [0.05, 0.1) is 17.3 Å². The normalized spacial score (nSPS) is 14.4. The molecule has 1 aliphatic heterocycles. The quantitative estimate of drug-likeness (QED) is 0.730. The molecule has 10 heteroatoms. The number of benzene rings is 2. The van der Waals surface area contributed by atoms with Crippen LogP contribution in [0.5, 0.6) is 0 Å². The van der Waals surface area contributed by atoms with Gasteiger partial charge in [-0.05, 0) is 48.5 Å². The third-order valence-corrected chi connectivity index (χ3v) is 6.66. The molecular formula is C21H24FN3O5S. The molecule has 8 nitrogen and oxygen atoms in total. The molecule has 0 atom stereocenters. The van der Waals surface area contributed by atoms with Gasteiger partial charge < -0.3 is 19.9 Å². The monoisotopic (exact) mass is 449 g/mol. The number of piperazine rings is 1. The zero-order valence-corrected chi connectivity index (χ0v) is 17.9. The van der Waals surface area contributed by atoms with Crippen molar-refractivity contribution >= 4 is 27.5 Å². The van der Waals surface area contributed by atoms with Gasteiger partial charge in [0.2, 0.25) is 0 Å². The number of urea groups is 1. The van der Waals surface area contributed by atoms with Gasteiger partial charge in [0.25, 0.3) is 5.91 Å². The fraction of sp³-hybridized carbons (Fsp3) is 0.333. The number of carbonyl (C=O) groups is 2. The highest BCUT2D eigenvalue weighted by molar-refractivity contribution is 7.91. The molecule has 166 valence electrons. The molecule has 1 fully saturated rings. The first-order valence-electron chi connectivity index (χ1n) is 9.73. The first-order valence-corrected chi connectivity index (χ1v) is 11.4. The number of carbonyl (C=O) groups excluding carboxylic acids is 2. The van der Waals surface area contributed by atoms with E-state index in [0.29, 0.717) is 37.4 Å². The Morgan fingerprint density at radius 2 is 1.55 bits per heavy atom. The van der Waals surface area contributed by atoms with E-state index in [1.807, 2.05) is 0 Å². The molecule has 1 heterocycles. The number of halogens is 1. The molecule has 0 saturated carbocycles. The second kappa shape index (κ2) is 9.88. The summed E-state index contributed by atoms with van der Waals surface area (Å²) >= 11 is 0. The maximum Gasteiger partial charge on any atom is 0.321 e. The number of anilines is 1. The molecule has 1 saturated heterocycles. The highest BCUT2D eigenvalue weighted by Gasteiger charge is 2.25. The van der Waals surface area contributed by atoms with Crippen LogP contribution >= 0.6 is 0 Å². The highest BCUT2D eigenvalue weighted by atomic mass is 32.2. The van der Waals surface area contributed by atoms with E-state index in [2.05, 4.69) is 5.32 Å². The fourth-order valence-electron chi connectivity index (χ4n) is 3.15. The summed E-state index contributed by atoms with van der Waals surface area (Å²) in [4.78, 5) is 28.4. The van der Waals surface area contributed by atoms with Crippen LogP contribution in [0.2, 0.25) is 0 Å². The smallest absolute Gasteiger partial charge is 0.321 e. The van der Waals surface area contributed by atoms with E-state index in [0.717, 1.165) is 0 Å². The number of hydrogen-bond donors (Lipinski definition) is 1. The second-order valence-electron chi connectivity index (χ2n) is 7.05. The first-order chi connectivity index (χ1) is 14.8. The summed E-state index contributed by atoms with van der Waals surface area (Å²) < 4.78 is 42.2. The summed E-state index contributed by atoms with van der Waals surface area (Å²) in [5.74, 6) is -0.733. The van der Waals surface area contributed by atoms with Crippen molar-refractivity contribution in [1.29, 1.82) is 0 Å². The summed E-state index contributed by atoms with van der Waals surface area (Å²) in [5.41, 5.74) is 0.875. The predicted octanol–water partition coefficient (Wildman–Crippen LogP) is 2.24. The van der Waals surface area contributed by atoms with Gasteiger partial charge in [-0.15, -0.1) is 0 Å². The number of amides is 3. The fourth-order valence-corrected chi connectivity index (χ4v) is 4.32. The van der Waals surface area contributed by atoms with Gasteiger partial charge in [-0.1, -0.05) is 0 Å². The molecule has 1 aliphatic rings. The third-order valence-electron chi connectivity index (χ3n) is 4.97. The van der Waals surface area contributed by atoms with Gasteiger partial charge >= 0.3 is 6.03 Å². The highest BCUT2D eigenvalue weighted by Crippen LogP contribution is 2.16. The SMILES string of the molecule is COCCS(=O)(=O)c1ccc(C(=O)N2CCN(C(=O)Nc3ccc(F)cc3)CC2)cc1. The molecule has 0 spiro atoms. The lowest BCUT2D eigenvalue weighted by atomic mass is 10.2. The maximum absolute atomic E-state index is 13.0. The van der Waals surface area contributed by atoms with Crippen LogP contribution in [0.3, 0.4) is 0 Å². The predicted molar refractivity (Wildman–Crippen MR) is 113 cm³/mol. The second-order valence-corrected chi connectivity index (χ2v) is 9.16. The molecule has 0 aliphatic carbocycles. The number of nitrogens with zero attached hydrogens (tertiary/aromatic N) is 2. The Kier molecular flexibility index (Phi) is 7.24. The van der Waals surface area contributed by atoms with E-state index in [9.17, 15) is 22.4 Å². The van der Waals surface area contributed by atoms with E-state index in [1.165, 1.54) is 55.6 Å². The number of nitrogens with one attached hydrogen (secondary N) is 1. The summed E-state index contributed by atoms with van der Waals surface area (Å²) in [6.07, 6.45) is 0. The Morgan fingerprint density at radius 3 is 2.13 bits per heavy atom.